The Morgan fingerprint density at radius 3 is 2.44 bits per heavy atom. The maximum atomic E-state index is 5.54. The Morgan fingerprint density at radius 1 is 1.22 bits per heavy atom. The van der Waals surface area contributed by atoms with Crippen LogP contribution in [-0.4, -0.2) is 52.5 Å². The largest absolute Gasteiger partial charge is 0.468 e. The van der Waals surface area contributed by atoms with Gasteiger partial charge in [-0.1, -0.05) is 0 Å². The van der Waals surface area contributed by atoms with E-state index in [4.69, 9.17) is 13.9 Å². The molecule has 1 N–H and O–H groups in total. The molecule has 0 aliphatic rings. The van der Waals surface area contributed by atoms with Crippen LogP contribution in [0.3, 0.4) is 0 Å². The van der Waals surface area contributed by atoms with Gasteiger partial charge in [-0.3, -0.25) is 4.90 Å². The molecule has 0 atom stereocenters. The molecule has 0 amide bonds. The molecule has 0 unspecified atom stereocenters. The highest BCUT2D eigenvalue weighted by Gasteiger charge is 2.11. The van der Waals surface area contributed by atoms with Gasteiger partial charge in [0.2, 0.25) is 0 Å². The van der Waals surface area contributed by atoms with Gasteiger partial charge in [-0.15, -0.1) is 0 Å². The first-order chi connectivity index (χ1) is 8.81. The van der Waals surface area contributed by atoms with Crippen molar-refractivity contribution in [3.63, 3.8) is 0 Å². The molecule has 104 valence electrons. The van der Waals surface area contributed by atoms with Gasteiger partial charge < -0.3 is 19.2 Å². The summed E-state index contributed by atoms with van der Waals surface area (Å²) in [5, 5.41) is 3.14. The van der Waals surface area contributed by atoms with Crippen molar-refractivity contribution in [2.45, 2.75) is 13.1 Å². The van der Waals surface area contributed by atoms with Gasteiger partial charge in [0.1, 0.15) is 5.76 Å². The van der Waals surface area contributed by atoms with E-state index >= 15 is 0 Å². The van der Waals surface area contributed by atoms with Crippen LogP contribution >= 0.6 is 0 Å². The second-order valence-corrected chi connectivity index (χ2v) is 4.16. The van der Waals surface area contributed by atoms with Crippen molar-refractivity contribution in [2.75, 3.05) is 47.6 Å². The first kappa shape index (κ1) is 15.2. The van der Waals surface area contributed by atoms with E-state index in [0.717, 1.165) is 31.9 Å². The number of ether oxygens (including phenoxy) is 2. The fourth-order valence-electron chi connectivity index (χ4n) is 1.77. The monoisotopic (exact) mass is 256 g/mol. The molecular formula is C13H24N2O3. The minimum Gasteiger partial charge on any atom is -0.468 e. The van der Waals surface area contributed by atoms with E-state index in [9.17, 15) is 0 Å². The maximum Gasteiger partial charge on any atom is 0.122 e. The summed E-state index contributed by atoms with van der Waals surface area (Å²) < 4.78 is 15.8. The zero-order valence-corrected chi connectivity index (χ0v) is 11.6. The Bertz CT molecular complexity index is 307. The van der Waals surface area contributed by atoms with E-state index in [2.05, 4.69) is 10.2 Å². The summed E-state index contributed by atoms with van der Waals surface area (Å²) in [5.74, 6) is 1.01. The zero-order valence-electron chi connectivity index (χ0n) is 11.6. The molecule has 1 aromatic heterocycles. The minimum absolute atomic E-state index is 0.714. The van der Waals surface area contributed by atoms with Gasteiger partial charge in [0.25, 0.3) is 0 Å². The highest BCUT2D eigenvalue weighted by atomic mass is 16.5. The van der Waals surface area contributed by atoms with Gasteiger partial charge in [-0.05, 0) is 13.1 Å². The Hall–Kier alpha value is -0.880. The quantitative estimate of drug-likeness (QED) is 0.679. The number of hydrogen-bond donors (Lipinski definition) is 1. The van der Waals surface area contributed by atoms with E-state index in [1.54, 1.807) is 20.5 Å². The van der Waals surface area contributed by atoms with Gasteiger partial charge >= 0.3 is 0 Å². The Balaban J connectivity index is 2.53. The number of methoxy groups -OCH3 is 2. The van der Waals surface area contributed by atoms with Crippen LogP contribution in [0.1, 0.15) is 11.3 Å². The van der Waals surface area contributed by atoms with Crippen molar-refractivity contribution in [2.24, 2.45) is 0 Å². The fourth-order valence-corrected chi connectivity index (χ4v) is 1.77. The molecule has 1 rings (SSSR count). The maximum absolute atomic E-state index is 5.54. The molecule has 18 heavy (non-hydrogen) atoms. The normalized spacial score (nSPS) is 11.3. The average Bonchev–Trinajstić information content (AvgIpc) is 2.80. The third kappa shape index (κ3) is 5.18. The Morgan fingerprint density at radius 2 is 1.89 bits per heavy atom. The number of nitrogens with zero attached hydrogens (tertiary/aromatic N) is 1. The van der Waals surface area contributed by atoms with Crippen LogP contribution < -0.4 is 5.32 Å². The molecule has 0 spiro atoms. The lowest BCUT2D eigenvalue weighted by Crippen LogP contribution is -2.30. The predicted octanol–water partition coefficient (Wildman–Crippen LogP) is 1.09. The number of furan rings is 1. The summed E-state index contributed by atoms with van der Waals surface area (Å²) in [5.41, 5.74) is 1.21. The highest BCUT2D eigenvalue weighted by molar-refractivity contribution is 5.16. The van der Waals surface area contributed by atoms with E-state index < -0.39 is 0 Å². The molecular weight excluding hydrogens is 232 g/mol. The van der Waals surface area contributed by atoms with Gasteiger partial charge in [-0.2, -0.15) is 0 Å². The molecule has 0 fully saturated rings. The lowest BCUT2D eigenvalue weighted by atomic mass is 10.2. The first-order valence-electron chi connectivity index (χ1n) is 6.22. The van der Waals surface area contributed by atoms with Crippen molar-refractivity contribution in [3.8, 4) is 0 Å². The Kier molecular flexibility index (Phi) is 7.68. The minimum atomic E-state index is 0.714. The topological polar surface area (TPSA) is 46.9 Å². The van der Waals surface area contributed by atoms with Gasteiger partial charge in [0.05, 0.1) is 26.0 Å². The lowest BCUT2D eigenvalue weighted by Gasteiger charge is -2.20. The average molecular weight is 256 g/mol. The van der Waals surface area contributed by atoms with E-state index in [-0.39, 0.29) is 0 Å². The van der Waals surface area contributed by atoms with Crippen molar-refractivity contribution in [3.05, 3.63) is 23.7 Å². The van der Waals surface area contributed by atoms with Gasteiger partial charge in [-0.25, -0.2) is 0 Å². The van der Waals surface area contributed by atoms with Crippen molar-refractivity contribution in [1.29, 1.82) is 0 Å². The van der Waals surface area contributed by atoms with Crippen LogP contribution in [0, 0.1) is 0 Å². The first-order valence-corrected chi connectivity index (χ1v) is 6.22. The second-order valence-electron chi connectivity index (χ2n) is 4.16. The third-order valence-electron chi connectivity index (χ3n) is 2.80. The number of nitrogens with one attached hydrogen (secondary N) is 1. The van der Waals surface area contributed by atoms with Crippen LogP contribution in [0.2, 0.25) is 0 Å². The molecule has 1 heterocycles. The predicted molar refractivity (Wildman–Crippen MR) is 70.5 cm³/mol. The van der Waals surface area contributed by atoms with Crippen LogP contribution in [0.5, 0.6) is 0 Å². The lowest BCUT2D eigenvalue weighted by molar-refractivity contribution is 0.106. The number of rotatable bonds is 10. The molecule has 0 saturated heterocycles. The smallest absolute Gasteiger partial charge is 0.122 e. The molecule has 5 heteroatoms. The van der Waals surface area contributed by atoms with E-state index in [1.807, 2.05) is 13.1 Å². The summed E-state index contributed by atoms with van der Waals surface area (Å²) in [6.07, 6.45) is 1.74. The molecule has 0 saturated carbocycles. The van der Waals surface area contributed by atoms with Gasteiger partial charge in [0, 0.05) is 39.4 Å². The Labute approximate surface area is 109 Å². The third-order valence-corrected chi connectivity index (χ3v) is 2.80. The molecule has 0 aromatic carbocycles. The van der Waals surface area contributed by atoms with Crippen LogP contribution in [0.25, 0.3) is 0 Å². The SMILES string of the molecule is CNCc1ccoc1CN(CCOC)CCOC. The van der Waals surface area contributed by atoms with Crippen LogP contribution in [-0.2, 0) is 22.6 Å². The van der Waals surface area contributed by atoms with Gasteiger partial charge in [0.15, 0.2) is 0 Å². The summed E-state index contributed by atoms with van der Waals surface area (Å²) in [4.78, 5) is 2.27. The van der Waals surface area contributed by atoms with Crippen molar-refractivity contribution in [1.82, 2.24) is 10.2 Å². The molecule has 0 radical (unpaired) electrons. The van der Waals surface area contributed by atoms with Crippen molar-refractivity contribution < 1.29 is 13.9 Å². The fraction of sp³-hybridized carbons (Fsp3) is 0.692. The van der Waals surface area contributed by atoms with E-state index in [0.29, 0.717) is 13.2 Å². The van der Waals surface area contributed by atoms with E-state index in [1.165, 1.54) is 5.56 Å². The molecule has 5 nitrogen and oxygen atoms in total. The molecule has 0 bridgehead atoms. The van der Waals surface area contributed by atoms with Crippen molar-refractivity contribution >= 4 is 0 Å². The summed E-state index contributed by atoms with van der Waals surface area (Å²) in [6, 6.07) is 2.01. The zero-order chi connectivity index (χ0) is 13.2. The highest BCUT2D eigenvalue weighted by Crippen LogP contribution is 2.13. The van der Waals surface area contributed by atoms with Crippen LogP contribution in [0.15, 0.2) is 16.7 Å². The summed E-state index contributed by atoms with van der Waals surface area (Å²) in [7, 11) is 5.37. The second kappa shape index (κ2) is 9.10. The number of hydrogen-bond acceptors (Lipinski definition) is 5. The summed E-state index contributed by atoms with van der Waals surface area (Å²) >= 11 is 0. The molecule has 0 aliphatic heterocycles. The summed E-state index contributed by atoms with van der Waals surface area (Å²) in [6.45, 7) is 4.79. The molecule has 1 aromatic rings. The van der Waals surface area contributed by atoms with Crippen LogP contribution in [0.4, 0.5) is 0 Å². The molecule has 0 aliphatic carbocycles. The standard InChI is InChI=1S/C13H24N2O3/c1-14-10-12-4-7-18-13(12)11-15(5-8-16-2)6-9-17-3/h4,7,14H,5-6,8-11H2,1-3H3.